The van der Waals surface area contributed by atoms with Gasteiger partial charge in [0.05, 0.1) is 11.6 Å². The highest BCUT2D eigenvalue weighted by Crippen LogP contribution is 2.30. The van der Waals surface area contributed by atoms with Crippen LogP contribution in [0.1, 0.15) is 23.1 Å². The van der Waals surface area contributed by atoms with Gasteiger partial charge in [0.2, 0.25) is 0 Å². The molecule has 1 unspecified atom stereocenters. The van der Waals surface area contributed by atoms with Crippen LogP contribution in [0.4, 0.5) is 18.9 Å². The number of anilines is 1. The van der Waals surface area contributed by atoms with E-state index in [2.05, 4.69) is 5.32 Å². The van der Waals surface area contributed by atoms with E-state index in [4.69, 9.17) is 9.68 Å². The lowest BCUT2D eigenvalue weighted by Gasteiger charge is -2.12. The molecule has 0 saturated heterocycles. The molecule has 2 aromatic rings. The van der Waals surface area contributed by atoms with Gasteiger partial charge in [0.25, 0.3) is 0 Å². The first-order valence-corrected chi connectivity index (χ1v) is 5.80. The zero-order chi connectivity index (χ0) is 14.8. The molecule has 20 heavy (non-hydrogen) atoms. The quantitative estimate of drug-likeness (QED) is 0.912. The number of aryl methyl sites for hydroxylation is 1. The standard InChI is InChI=1S/C14H11F3N2O/c1-9-2-7-13(20-9)12(8-18)19-11-5-3-10(4-6-11)14(15,16)17/h2-7,12,19H,1H3. The highest BCUT2D eigenvalue weighted by molar-refractivity contribution is 5.48. The van der Waals surface area contributed by atoms with E-state index in [1.54, 1.807) is 19.1 Å². The zero-order valence-electron chi connectivity index (χ0n) is 10.5. The first-order chi connectivity index (χ1) is 9.40. The molecule has 1 aromatic carbocycles. The minimum absolute atomic E-state index is 0.415. The molecule has 0 aliphatic rings. The molecule has 1 aromatic heterocycles. The summed E-state index contributed by atoms with van der Waals surface area (Å²) in [5.74, 6) is 1.08. The van der Waals surface area contributed by atoms with E-state index in [9.17, 15) is 13.2 Å². The van der Waals surface area contributed by atoms with Gasteiger partial charge in [-0.1, -0.05) is 0 Å². The Hall–Kier alpha value is -2.42. The summed E-state index contributed by atoms with van der Waals surface area (Å²) in [6.07, 6.45) is -4.37. The molecule has 0 spiro atoms. The van der Waals surface area contributed by atoms with Crippen LogP contribution in [-0.2, 0) is 6.18 Å². The Morgan fingerprint density at radius 3 is 2.25 bits per heavy atom. The second-order valence-corrected chi connectivity index (χ2v) is 4.23. The molecule has 6 heteroatoms. The van der Waals surface area contributed by atoms with Crippen molar-refractivity contribution < 1.29 is 17.6 Å². The average Bonchev–Trinajstić information content (AvgIpc) is 2.82. The van der Waals surface area contributed by atoms with Crippen LogP contribution in [0.2, 0.25) is 0 Å². The largest absolute Gasteiger partial charge is 0.463 e. The fourth-order valence-corrected chi connectivity index (χ4v) is 1.70. The molecule has 1 atom stereocenters. The highest BCUT2D eigenvalue weighted by Gasteiger charge is 2.30. The number of nitriles is 1. The van der Waals surface area contributed by atoms with Crippen LogP contribution >= 0.6 is 0 Å². The molecular formula is C14H11F3N2O. The predicted octanol–water partition coefficient (Wildman–Crippen LogP) is 4.28. The van der Waals surface area contributed by atoms with E-state index < -0.39 is 17.8 Å². The fourth-order valence-electron chi connectivity index (χ4n) is 1.70. The van der Waals surface area contributed by atoms with Crippen molar-refractivity contribution in [3.05, 3.63) is 53.5 Å². The number of halogens is 3. The monoisotopic (exact) mass is 280 g/mol. The third-order valence-corrected chi connectivity index (χ3v) is 2.70. The van der Waals surface area contributed by atoms with Crippen LogP contribution in [0.5, 0.6) is 0 Å². The summed E-state index contributed by atoms with van der Waals surface area (Å²) in [5.41, 5.74) is -0.316. The molecule has 0 aliphatic heterocycles. The number of benzene rings is 1. The number of nitrogens with zero attached hydrogens (tertiary/aromatic N) is 1. The normalized spacial score (nSPS) is 12.8. The summed E-state index contributed by atoms with van der Waals surface area (Å²) < 4.78 is 42.6. The van der Waals surface area contributed by atoms with Gasteiger partial charge >= 0.3 is 6.18 Å². The van der Waals surface area contributed by atoms with Crippen molar-refractivity contribution >= 4 is 5.69 Å². The van der Waals surface area contributed by atoms with Crippen molar-refractivity contribution in [3.8, 4) is 6.07 Å². The maximum Gasteiger partial charge on any atom is 0.416 e. The van der Waals surface area contributed by atoms with Gasteiger partial charge in [-0.25, -0.2) is 0 Å². The molecule has 104 valence electrons. The molecule has 3 nitrogen and oxygen atoms in total. The van der Waals surface area contributed by atoms with Crippen LogP contribution in [-0.4, -0.2) is 0 Å². The Balaban J connectivity index is 2.15. The molecule has 0 fully saturated rings. The van der Waals surface area contributed by atoms with E-state index in [1.165, 1.54) is 12.1 Å². The molecular weight excluding hydrogens is 269 g/mol. The number of hydrogen-bond acceptors (Lipinski definition) is 3. The predicted molar refractivity (Wildman–Crippen MR) is 66.9 cm³/mol. The Kier molecular flexibility index (Phi) is 3.70. The SMILES string of the molecule is Cc1ccc(C(C#N)Nc2ccc(C(F)(F)F)cc2)o1. The second-order valence-electron chi connectivity index (χ2n) is 4.23. The summed E-state index contributed by atoms with van der Waals surface area (Å²) in [7, 11) is 0. The van der Waals surface area contributed by atoms with Gasteiger partial charge in [-0.05, 0) is 43.3 Å². The highest BCUT2D eigenvalue weighted by atomic mass is 19.4. The second kappa shape index (κ2) is 5.29. The van der Waals surface area contributed by atoms with E-state index in [1.807, 2.05) is 6.07 Å². The van der Waals surface area contributed by atoms with E-state index in [-0.39, 0.29) is 0 Å². The maximum absolute atomic E-state index is 12.4. The van der Waals surface area contributed by atoms with Crippen molar-refractivity contribution in [1.29, 1.82) is 5.26 Å². The van der Waals surface area contributed by atoms with Gasteiger partial charge < -0.3 is 9.73 Å². The number of nitrogens with one attached hydrogen (secondary N) is 1. The van der Waals surface area contributed by atoms with E-state index in [0.717, 1.165) is 12.1 Å². The van der Waals surface area contributed by atoms with Crippen molar-refractivity contribution in [1.82, 2.24) is 0 Å². The van der Waals surface area contributed by atoms with Crippen molar-refractivity contribution in [2.24, 2.45) is 0 Å². The molecule has 0 saturated carbocycles. The fraction of sp³-hybridized carbons (Fsp3) is 0.214. The third-order valence-electron chi connectivity index (χ3n) is 2.70. The summed E-state index contributed by atoms with van der Waals surface area (Å²) in [6.45, 7) is 1.75. The van der Waals surface area contributed by atoms with Gasteiger partial charge in [0.1, 0.15) is 11.5 Å². The molecule has 2 rings (SSSR count). The van der Waals surface area contributed by atoms with Crippen LogP contribution in [0, 0.1) is 18.3 Å². The smallest absolute Gasteiger partial charge is 0.416 e. The lowest BCUT2D eigenvalue weighted by Crippen LogP contribution is -2.08. The summed E-state index contributed by atoms with van der Waals surface area (Å²) in [6, 6.07) is 9.10. The van der Waals surface area contributed by atoms with Crippen molar-refractivity contribution in [3.63, 3.8) is 0 Å². The van der Waals surface area contributed by atoms with Crippen LogP contribution < -0.4 is 5.32 Å². The van der Waals surface area contributed by atoms with E-state index >= 15 is 0 Å². The topological polar surface area (TPSA) is 49.0 Å². The number of hydrogen-bond donors (Lipinski definition) is 1. The Bertz CT molecular complexity index is 623. The van der Waals surface area contributed by atoms with Gasteiger partial charge in [-0.3, -0.25) is 0 Å². The first kappa shape index (κ1) is 14.0. The van der Waals surface area contributed by atoms with Gasteiger partial charge in [-0.2, -0.15) is 18.4 Å². The number of alkyl halides is 3. The molecule has 0 aliphatic carbocycles. The Morgan fingerprint density at radius 1 is 1.15 bits per heavy atom. The summed E-state index contributed by atoms with van der Waals surface area (Å²) in [4.78, 5) is 0. The molecule has 1 N–H and O–H groups in total. The molecule has 0 radical (unpaired) electrons. The van der Waals surface area contributed by atoms with Crippen LogP contribution in [0.15, 0.2) is 40.8 Å². The lowest BCUT2D eigenvalue weighted by molar-refractivity contribution is -0.137. The minimum Gasteiger partial charge on any atom is -0.463 e. The maximum atomic E-state index is 12.4. The van der Waals surface area contributed by atoms with E-state index in [0.29, 0.717) is 17.2 Å². The minimum atomic E-state index is -4.37. The molecule has 0 amide bonds. The van der Waals surface area contributed by atoms with Gasteiger partial charge in [-0.15, -0.1) is 0 Å². The Morgan fingerprint density at radius 2 is 1.80 bits per heavy atom. The average molecular weight is 280 g/mol. The zero-order valence-corrected chi connectivity index (χ0v) is 10.5. The summed E-state index contributed by atoms with van der Waals surface area (Å²) in [5, 5.41) is 11.9. The third kappa shape index (κ3) is 3.12. The van der Waals surface area contributed by atoms with Gasteiger partial charge in [0, 0.05) is 5.69 Å². The summed E-state index contributed by atoms with van der Waals surface area (Å²) >= 11 is 0. The first-order valence-electron chi connectivity index (χ1n) is 5.80. The molecule has 1 heterocycles. The number of furan rings is 1. The number of rotatable bonds is 3. The van der Waals surface area contributed by atoms with Crippen molar-refractivity contribution in [2.75, 3.05) is 5.32 Å². The van der Waals surface area contributed by atoms with Crippen LogP contribution in [0.25, 0.3) is 0 Å². The van der Waals surface area contributed by atoms with Crippen molar-refractivity contribution in [2.45, 2.75) is 19.1 Å². The lowest BCUT2D eigenvalue weighted by atomic mass is 10.1. The Labute approximate surface area is 113 Å². The van der Waals surface area contributed by atoms with Gasteiger partial charge in [0.15, 0.2) is 6.04 Å². The van der Waals surface area contributed by atoms with Crippen LogP contribution in [0.3, 0.4) is 0 Å². The molecule has 0 bridgehead atoms.